The highest BCUT2D eigenvalue weighted by molar-refractivity contribution is 9.10. The van der Waals surface area contributed by atoms with Gasteiger partial charge in [0.15, 0.2) is 5.82 Å². The number of aromatic nitrogens is 2. The number of hydrogen-bond acceptors (Lipinski definition) is 4. The maximum absolute atomic E-state index is 12.6. The summed E-state index contributed by atoms with van der Waals surface area (Å²) in [5.74, 6) is 0.0954. The van der Waals surface area contributed by atoms with Crippen LogP contribution in [0.3, 0.4) is 0 Å². The lowest BCUT2D eigenvalue weighted by molar-refractivity contribution is -0.127. The Morgan fingerprint density at radius 3 is 2.47 bits per heavy atom. The fourth-order valence-electron chi connectivity index (χ4n) is 3.07. The number of halogens is 1. The molecule has 100 valence electrons. The molecular weight excluding hydrogens is 310 g/mol. The number of imide groups is 1. The van der Waals surface area contributed by atoms with E-state index in [2.05, 4.69) is 25.9 Å². The Bertz CT molecular complexity index is 523. The second kappa shape index (κ2) is 4.67. The molecule has 0 aromatic carbocycles. The van der Waals surface area contributed by atoms with Crippen LogP contribution in [-0.4, -0.2) is 21.8 Å². The molecule has 2 fully saturated rings. The first-order chi connectivity index (χ1) is 9.12. The molecule has 1 spiro atoms. The van der Waals surface area contributed by atoms with E-state index in [1.165, 1.54) is 17.3 Å². The molecule has 6 heteroatoms. The Kier molecular flexibility index (Phi) is 3.12. The summed E-state index contributed by atoms with van der Waals surface area (Å²) >= 11 is 3.19. The van der Waals surface area contributed by atoms with Crippen LogP contribution >= 0.6 is 15.9 Å². The monoisotopic (exact) mass is 323 g/mol. The topological polar surface area (TPSA) is 63.2 Å². The predicted molar refractivity (Wildman–Crippen MR) is 72.4 cm³/mol. The third-order valence-electron chi connectivity index (χ3n) is 4.04. The number of rotatable bonds is 1. The van der Waals surface area contributed by atoms with Crippen molar-refractivity contribution in [2.24, 2.45) is 5.41 Å². The Labute approximate surface area is 119 Å². The highest BCUT2D eigenvalue weighted by atomic mass is 79.9. The van der Waals surface area contributed by atoms with Gasteiger partial charge in [-0.2, -0.15) is 0 Å². The summed E-state index contributed by atoms with van der Waals surface area (Å²) in [6.45, 7) is 0. The molecule has 1 aliphatic heterocycles. The van der Waals surface area contributed by atoms with Crippen LogP contribution in [0.4, 0.5) is 5.82 Å². The van der Waals surface area contributed by atoms with Crippen molar-refractivity contribution in [1.29, 1.82) is 0 Å². The third kappa shape index (κ3) is 2.08. The first kappa shape index (κ1) is 12.7. The first-order valence-corrected chi connectivity index (χ1v) is 7.27. The van der Waals surface area contributed by atoms with E-state index in [1.54, 1.807) is 0 Å². The van der Waals surface area contributed by atoms with Crippen LogP contribution in [0, 0.1) is 5.41 Å². The zero-order valence-electron chi connectivity index (χ0n) is 10.4. The average molecular weight is 324 g/mol. The number of hydrogen-bond donors (Lipinski definition) is 0. The predicted octanol–water partition coefficient (Wildman–Crippen LogP) is 2.45. The number of anilines is 1. The summed E-state index contributed by atoms with van der Waals surface area (Å²) in [6.07, 6.45) is 8.13. The normalized spacial score (nSPS) is 22.3. The van der Waals surface area contributed by atoms with Crippen molar-refractivity contribution < 1.29 is 9.59 Å². The highest BCUT2D eigenvalue weighted by Crippen LogP contribution is 2.46. The molecule has 19 heavy (non-hydrogen) atoms. The Morgan fingerprint density at radius 1 is 1.11 bits per heavy atom. The molecule has 1 aliphatic carbocycles. The summed E-state index contributed by atoms with van der Waals surface area (Å²) in [5.41, 5.74) is -0.468. The number of nitrogens with zero attached hydrogens (tertiary/aromatic N) is 3. The molecule has 1 saturated carbocycles. The van der Waals surface area contributed by atoms with Crippen LogP contribution in [-0.2, 0) is 9.59 Å². The summed E-state index contributed by atoms with van der Waals surface area (Å²) in [7, 11) is 0. The van der Waals surface area contributed by atoms with Gasteiger partial charge in [0.05, 0.1) is 17.8 Å². The highest BCUT2D eigenvalue weighted by Gasteiger charge is 2.52. The van der Waals surface area contributed by atoms with E-state index in [1.807, 2.05) is 0 Å². The molecule has 0 atom stereocenters. The molecule has 5 nitrogen and oxygen atoms in total. The van der Waals surface area contributed by atoms with Gasteiger partial charge in [0.2, 0.25) is 11.8 Å². The first-order valence-electron chi connectivity index (χ1n) is 6.47. The number of amides is 2. The number of carbonyl (C=O) groups excluding carboxylic acids is 2. The molecule has 2 aliphatic rings. The van der Waals surface area contributed by atoms with Crippen molar-refractivity contribution in [2.75, 3.05) is 4.90 Å². The van der Waals surface area contributed by atoms with Gasteiger partial charge in [-0.3, -0.25) is 9.59 Å². The zero-order chi connectivity index (χ0) is 13.5. The second-order valence-corrected chi connectivity index (χ2v) is 6.06. The molecule has 1 aromatic heterocycles. The summed E-state index contributed by atoms with van der Waals surface area (Å²) in [4.78, 5) is 34.1. The molecule has 2 amide bonds. The number of carbonyl (C=O) groups is 2. The van der Waals surface area contributed by atoms with Crippen molar-refractivity contribution in [3.8, 4) is 0 Å². The van der Waals surface area contributed by atoms with E-state index in [4.69, 9.17) is 0 Å². The quantitative estimate of drug-likeness (QED) is 0.745. The van der Waals surface area contributed by atoms with Gasteiger partial charge in [-0.1, -0.05) is 19.3 Å². The fourth-order valence-corrected chi connectivity index (χ4v) is 3.27. The van der Waals surface area contributed by atoms with E-state index >= 15 is 0 Å². The van der Waals surface area contributed by atoms with Crippen LogP contribution in [0.2, 0.25) is 0 Å². The third-order valence-corrected chi connectivity index (χ3v) is 4.45. The maximum Gasteiger partial charge on any atom is 0.241 e. The molecule has 0 unspecified atom stereocenters. The van der Waals surface area contributed by atoms with E-state index in [-0.39, 0.29) is 11.8 Å². The second-order valence-electron chi connectivity index (χ2n) is 5.25. The van der Waals surface area contributed by atoms with E-state index in [0.717, 1.165) is 32.1 Å². The fraction of sp³-hybridized carbons (Fsp3) is 0.538. The lowest BCUT2D eigenvalue weighted by Crippen LogP contribution is -2.37. The SMILES string of the molecule is O=C1CC2(CCCCC2)C(=O)N1c1cnc(Br)cn1. The Morgan fingerprint density at radius 2 is 1.84 bits per heavy atom. The minimum atomic E-state index is -0.468. The Balaban J connectivity index is 1.92. The van der Waals surface area contributed by atoms with Gasteiger partial charge >= 0.3 is 0 Å². The van der Waals surface area contributed by atoms with Gasteiger partial charge in [-0.25, -0.2) is 14.9 Å². The zero-order valence-corrected chi connectivity index (χ0v) is 12.0. The van der Waals surface area contributed by atoms with Gasteiger partial charge in [0, 0.05) is 6.42 Å². The maximum atomic E-state index is 12.6. The Hall–Kier alpha value is -1.30. The molecule has 2 heterocycles. The van der Waals surface area contributed by atoms with Crippen molar-refractivity contribution in [3.63, 3.8) is 0 Å². The molecule has 0 bridgehead atoms. The molecular formula is C13H14BrN3O2. The molecule has 3 rings (SSSR count). The van der Waals surface area contributed by atoms with Crippen LogP contribution in [0.5, 0.6) is 0 Å². The van der Waals surface area contributed by atoms with E-state index in [9.17, 15) is 9.59 Å². The van der Waals surface area contributed by atoms with Crippen molar-refractivity contribution >= 4 is 33.6 Å². The van der Waals surface area contributed by atoms with Gasteiger partial charge in [0.1, 0.15) is 4.60 Å². The van der Waals surface area contributed by atoms with Crippen LogP contribution in [0.15, 0.2) is 17.0 Å². The molecule has 0 radical (unpaired) electrons. The van der Waals surface area contributed by atoms with Crippen LogP contribution < -0.4 is 4.90 Å². The lowest BCUT2D eigenvalue weighted by atomic mass is 9.73. The molecule has 1 aromatic rings. The molecule has 1 saturated heterocycles. The summed E-state index contributed by atoms with van der Waals surface area (Å²) < 4.78 is 0.586. The van der Waals surface area contributed by atoms with Crippen molar-refractivity contribution in [3.05, 3.63) is 17.0 Å². The van der Waals surface area contributed by atoms with Crippen LogP contribution in [0.25, 0.3) is 0 Å². The minimum absolute atomic E-state index is 0.0891. The van der Waals surface area contributed by atoms with E-state index < -0.39 is 5.41 Å². The largest absolute Gasteiger partial charge is 0.274 e. The van der Waals surface area contributed by atoms with Crippen LogP contribution in [0.1, 0.15) is 38.5 Å². The van der Waals surface area contributed by atoms with E-state index in [0.29, 0.717) is 16.8 Å². The van der Waals surface area contributed by atoms with Gasteiger partial charge in [-0.15, -0.1) is 0 Å². The van der Waals surface area contributed by atoms with Gasteiger partial charge < -0.3 is 0 Å². The molecule has 0 N–H and O–H groups in total. The van der Waals surface area contributed by atoms with Crippen molar-refractivity contribution in [1.82, 2.24) is 9.97 Å². The van der Waals surface area contributed by atoms with Gasteiger partial charge in [0.25, 0.3) is 0 Å². The minimum Gasteiger partial charge on any atom is -0.274 e. The average Bonchev–Trinajstić information content (AvgIpc) is 2.64. The van der Waals surface area contributed by atoms with Crippen molar-refractivity contribution in [2.45, 2.75) is 38.5 Å². The standard InChI is InChI=1S/C13H14BrN3O2/c14-9-7-16-10(8-15-9)17-11(18)6-13(12(17)19)4-2-1-3-5-13/h7-8H,1-6H2. The van der Waals surface area contributed by atoms with Gasteiger partial charge in [-0.05, 0) is 28.8 Å². The smallest absolute Gasteiger partial charge is 0.241 e. The summed E-state index contributed by atoms with van der Waals surface area (Å²) in [5, 5.41) is 0. The lowest BCUT2D eigenvalue weighted by Gasteiger charge is -2.30. The summed E-state index contributed by atoms with van der Waals surface area (Å²) in [6, 6.07) is 0.